The van der Waals surface area contributed by atoms with Gasteiger partial charge in [0.25, 0.3) is 5.56 Å². The standard InChI is InChI=1S/C24H23FN2O2/c25-21-8-5-17(6-9-21)15-18-11-13-27(14-12-18)23(28)10-7-20-16-19-3-1-2-4-22(19)26-24(20)29/h1-10,16,18H,11-15H2,(H,26,29)/b10-7+. The Labute approximate surface area is 168 Å². The number of para-hydroxylation sites is 1. The van der Waals surface area contributed by atoms with Crippen LogP contribution in [0.2, 0.25) is 0 Å². The second-order valence-electron chi connectivity index (χ2n) is 7.57. The van der Waals surface area contributed by atoms with Crippen LogP contribution in [0.15, 0.2) is 65.5 Å². The maximum absolute atomic E-state index is 13.0. The number of aromatic nitrogens is 1. The van der Waals surface area contributed by atoms with Crippen LogP contribution in [0.3, 0.4) is 0 Å². The second kappa shape index (κ2) is 8.43. The Hall–Kier alpha value is -3.21. The summed E-state index contributed by atoms with van der Waals surface area (Å²) in [5.74, 6) is 0.209. The Morgan fingerprint density at radius 2 is 1.83 bits per heavy atom. The van der Waals surface area contributed by atoms with Crippen molar-refractivity contribution in [1.82, 2.24) is 9.88 Å². The molecule has 0 bridgehead atoms. The predicted molar refractivity (Wildman–Crippen MR) is 113 cm³/mol. The third-order valence-corrected chi connectivity index (χ3v) is 5.55. The van der Waals surface area contributed by atoms with E-state index in [4.69, 9.17) is 0 Å². The van der Waals surface area contributed by atoms with Gasteiger partial charge in [-0.2, -0.15) is 0 Å². The second-order valence-corrected chi connectivity index (χ2v) is 7.57. The summed E-state index contributed by atoms with van der Waals surface area (Å²) in [5.41, 5.74) is 2.19. The lowest BCUT2D eigenvalue weighted by Crippen LogP contribution is -2.38. The fourth-order valence-electron chi connectivity index (χ4n) is 3.87. The summed E-state index contributed by atoms with van der Waals surface area (Å²) >= 11 is 0. The first-order valence-electron chi connectivity index (χ1n) is 9.92. The van der Waals surface area contributed by atoms with Crippen molar-refractivity contribution in [3.63, 3.8) is 0 Å². The van der Waals surface area contributed by atoms with Gasteiger partial charge in [-0.05, 0) is 66.5 Å². The van der Waals surface area contributed by atoms with E-state index in [1.165, 1.54) is 18.2 Å². The minimum absolute atomic E-state index is 0.0715. The fourth-order valence-corrected chi connectivity index (χ4v) is 3.87. The summed E-state index contributed by atoms with van der Waals surface area (Å²) < 4.78 is 13.0. The summed E-state index contributed by atoms with van der Waals surface area (Å²) in [6, 6.07) is 16.0. The number of rotatable bonds is 4. The Balaban J connectivity index is 1.35. The first kappa shape index (κ1) is 19.1. The highest BCUT2D eigenvalue weighted by Crippen LogP contribution is 2.22. The fraction of sp³-hybridized carbons (Fsp3) is 0.250. The summed E-state index contributed by atoms with van der Waals surface area (Å²) in [5, 5.41) is 0.931. The number of carbonyl (C=O) groups excluding carboxylic acids is 1. The van der Waals surface area contributed by atoms with Gasteiger partial charge in [0.15, 0.2) is 0 Å². The van der Waals surface area contributed by atoms with Crippen LogP contribution >= 0.6 is 0 Å². The van der Waals surface area contributed by atoms with Crippen LogP contribution in [-0.2, 0) is 11.2 Å². The Bertz CT molecular complexity index is 1090. The van der Waals surface area contributed by atoms with Gasteiger partial charge in [0.2, 0.25) is 5.91 Å². The number of pyridine rings is 1. The zero-order valence-corrected chi connectivity index (χ0v) is 16.1. The largest absolute Gasteiger partial charge is 0.339 e. The molecule has 0 atom stereocenters. The Morgan fingerprint density at radius 1 is 1.10 bits per heavy atom. The maximum Gasteiger partial charge on any atom is 0.255 e. The number of benzene rings is 2. The molecule has 2 heterocycles. The molecule has 148 valence electrons. The monoisotopic (exact) mass is 390 g/mol. The first-order chi connectivity index (χ1) is 14.1. The van der Waals surface area contributed by atoms with Gasteiger partial charge in [0.05, 0.1) is 0 Å². The topological polar surface area (TPSA) is 53.2 Å². The van der Waals surface area contributed by atoms with Crippen LogP contribution in [-0.4, -0.2) is 28.9 Å². The van der Waals surface area contributed by atoms with E-state index >= 15 is 0 Å². The molecule has 1 N–H and O–H groups in total. The number of hydrogen-bond donors (Lipinski definition) is 1. The minimum atomic E-state index is -0.216. The zero-order chi connectivity index (χ0) is 20.2. The molecule has 1 amide bonds. The third-order valence-electron chi connectivity index (χ3n) is 5.55. The van der Waals surface area contributed by atoms with Crippen molar-refractivity contribution in [1.29, 1.82) is 0 Å². The number of H-pyrrole nitrogens is 1. The smallest absolute Gasteiger partial charge is 0.255 e. The molecule has 0 saturated carbocycles. The molecule has 0 radical (unpaired) electrons. The molecule has 0 spiro atoms. The SMILES string of the molecule is O=C(/C=C/c1cc2ccccc2[nH]c1=O)N1CCC(Cc2ccc(F)cc2)CC1. The van der Waals surface area contributed by atoms with E-state index in [2.05, 4.69) is 4.98 Å². The average molecular weight is 390 g/mol. The number of halogens is 1. The molecule has 1 saturated heterocycles. The van der Waals surface area contributed by atoms with Crippen molar-refractivity contribution in [3.8, 4) is 0 Å². The van der Waals surface area contributed by atoms with E-state index in [9.17, 15) is 14.0 Å². The number of aromatic amines is 1. The lowest BCUT2D eigenvalue weighted by Gasteiger charge is -2.31. The van der Waals surface area contributed by atoms with Gasteiger partial charge >= 0.3 is 0 Å². The van der Waals surface area contributed by atoms with Crippen LogP contribution in [0, 0.1) is 11.7 Å². The molecule has 0 unspecified atom stereocenters. The van der Waals surface area contributed by atoms with Crippen molar-refractivity contribution in [3.05, 3.63) is 88.0 Å². The highest BCUT2D eigenvalue weighted by Gasteiger charge is 2.21. The maximum atomic E-state index is 13.0. The number of nitrogens with one attached hydrogen (secondary N) is 1. The summed E-state index contributed by atoms with van der Waals surface area (Å²) in [6.07, 6.45) is 5.84. The summed E-state index contributed by atoms with van der Waals surface area (Å²) in [7, 11) is 0. The number of amides is 1. The molecule has 29 heavy (non-hydrogen) atoms. The first-order valence-corrected chi connectivity index (χ1v) is 9.92. The summed E-state index contributed by atoms with van der Waals surface area (Å²) in [4.78, 5) is 29.4. The normalized spacial score (nSPS) is 15.3. The molecular formula is C24H23FN2O2. The minimum Gasteiger partial charge on any atom is -0.339 e. The highest BCUT2D eigenvalue weighted by atomic mass is 19.1. The number of hydrogen-bond acceptors (Lipinski definition) is 2. The molecule has 1 fully saturated rings. The predicted octanol–water partition coefficient (Wildman–Crippen LogP) is 4.16. The molecule has 1 aliphatic rings. The Kier molecular flexibility index (Phi) is 5.56. The summed E-state index contributed by atoms with van der Waals surface area (Å²) in [6.45, 7) is 1.40. The van der Waals surface area contributed by atoms with Crippen molar-refractivity contribution < 1.29 is 9.18 Å². The number of likely N-dealkylation sites (tertiary alicyclic amines) is 1. The average Bonchev–Trinajstić information content (AvgIpc) is 2.74. The molecule has 1 aliphatic heterocycles. The van der Waals surface area contributed by atoms with Gasteiger partial charge in [-0.1, -0.05) is 30.3 Å². The van der Waals surface area contributed by atoms with Crippen LogP contribution in [0.4, 0.5) is 4.39 Å². The lowest BCUT2D eigenvalue weighted by molar-refractivity contribution is -0.127. The molecule has 4 nitrogen and oxygen atoms in total. The molecule has 2 aromatic carbocycles. The number of carbonyl (C=O) groups is 1. The van der Waals surface area contributed by atoms with Gasteiger partial charge in [0.1, 0.15) is 5.82 Å². The molecule has 0 aliphatic carbocycles. The van der Waals surface area contributed by atoms with Gasteiger partial charge < -0.3 is 9.88 Å². The van der Waals surface area contributed by atoms with E-state index < -0.39 is 0 Å². The Morgan fingerprint density at radius 3 is 2.59 bits per heavy atom. The van der Waals surface area contributed by atoms with E-state index in [1.54, 1.807) is 12.1 Å². The molecule has 1 aromatic heterocycles. The quantitative estimate of drug-likeness (QED) is 0.680. The molecular weight excluding hydrogens is 367 g/mol. The van der Waals surface area contributed by atoms with Crippen molar-refractivity contribution >= 4 is 22.9 Å². The van der Waals surface area contributed by atoms with Crippen molar-refractivity contribution in [2.45, 2.75) is 19.3 Å². The highest BCUT2D eigenvalue weighted by molar-refractivity contribution is 5.92. The third kappa shape index (κ3) is 4.62. The van der Waals surface area contributed by atoms with E-state index in [0.29, 0.717) is 24.6 Å². The number of fused-ring (bicyclic) bond motifs is 1. The van der Waals surface area contributed by atoms with E-state index in [1.807, 2.05) is 41.3 Å². The van der Waals surface area contributed by atoms with E-state index in [-0.39, 0.29) is 17.3 Å². The number of piperidine rings is 1. The van der Waals surface area contributed by atoms with Crippen molar-refractivity contribution in [2.75, 3.05) is 13.1 Å². The molecule has 4 rings (SSSR count). The van der Waals surface area contributed by atoms with Gasteiger partial charge in [-0.15, -0.1) is 0 Å². The van der Waals surface area contributed by atoms with Crippen molar-refractivity contribution in [2.24, 2.45) is 5.92 Å². The van der Waals surface area contributed by atoms with Crippen LogP contribution in [0.1, 0.15) is 24.0 Å². The van der Waals surface area contributed by atoms with Gasteiger partial charge in [0, 0.05) is 30.2 Å². The molecule has 3 aromatic rings. The zero-order valence-electron chi connectivity index (χ0n) is 16.1. The van der Waals surface area contributed by atoms with E-state index in [0.717, 1.165) is 35.7 Å². The van der Waals surface area contributed by atoms with Gasteiger partial charge in [-0.25, -0.2) is 4.39 Å². The van der Waals surface area contributed by atoms with Crippen LogP contribution in [0.25, 0.3) is 17.0 Å². The van der Waals surface area contributed by atoms with Crippen LogP contribution < -0.4 is 5.56 Å². The number of nitrogens with zero attached hydrogens (tertiary/aromatic N) is 1. The van der Waals surface area contributed by atoms with Gasteiger partial charge in [-0.3, -0.25) is 9.59 Å². The van der Waals surface area contributed by atoms with Crippen LogP contribution in [0.5, 0.6) is 0 Å². The molecule has 5 heteroatoms. The lowest BCUT2D eigenvalue weighted by atomic mass is 9.90.